The van der Waals surface area contributed by atoms with Crippen molar-refractivity contribution in [2.45, 2.75) is 13.0 Å². The van der Waals surface area contributed by atoms with Crippen LogP contribution in [0.2, 0.25) is 0 Å². The molecule has 0 unspecified atom stereocenters. The fourth-order valence-electron chi connectivity index (χ4n) is 1.41. The number of amides is 1. The molecule has 1 aliphatic heterocycles. The fourth-order valence-corrected chi connectivity index (χ4v) is 1.41. The van der Waals surface area contributed by atoms with Gasteiger partial charge in [-0.15, -0.1) is 0 Å². The van der Waals surface area contributed by atoms with Gasteiger partial charge in [0.05, 0.1) is 13.0 Å². The molecule has 1 aromatic rings. The minimum Gasteiger partial charge on any atom is -0.287 e. The standard InChI is InChI=1S/C10H11N3O/c11-9-6-10(14)12-13(9)7-8-4-2-1-3-5-8/h1-5,11H,6-7H2,(H,12,14). The van der Waals surface area contributed by atoms with Gasteiger partial charge in [0.1, 0.15) is 5.84 Å². The molecule has 1 fully saturated rings. The van der Waals surface area contributed by atoms with Crippen molar-refractivity contribution in [1.82, 2.24) is 10.4 Å². The number of nitrogens with one attached hydrogen (secondary N) is 2. The highest BCUT2D eigenvalue weighted by Gasteiger charge is 2.22. The summed E-state index contributed by atoms with van der Waals surface area (Å²) in [6.07, 6.45) is 0.187. The highest BCUT2D eigenvalue weighted by molar-refractivity contribution is 6.03. The molecule has 4 heteroatoms. The van der Waals surface area contributed by atoms with E-state index in [-0.39, 0.29) is 12.3 Å². The Morgan fingerprint density at radius 2 is 2.07 bits per heavy atom. The first-order valence-electron chi connectivity index (χ1n) is 4.44. The number of hydrogen-bond donors (Lipinski definition) is 2. The van der Waals surface area contributed by atoms with Gasteiger partial charge in [0.2, 0.25) is 5.91 Å². The van der Waals surface area contributed by atoms with E-state index in [1.54, 1.807) is 5.01 Å². The third-order valence-electron chi connectivity index (χ3n) is 2.10. The van der Waals surface area contributed by atoms with Crippen molar-refractivity contribution in [3.8, 4) is 0 Å². The highest BCUT2D eigenvalue weighted by atomic mass is 16.2. The Kier molecular flexibility index (Phi) is 2.18. The second kappa shape index (κ2) is 3.49. The Labute approximate surface area is 82.0 Å². The van der Waals surface area contributed by atoms with Gasteiger partial charge in [0.15, 0.2) is 0 Å². The lowest BCUT2D eigenvalue weighted by molar-refractivity contribution is -0.121. The van der Waals surface area contributed by atoms with Crippen molar-refractivity contribution in [3.63, 3.8) is 0 Å². The van der Waals surface area contributed by atoms with Gasteiger partial charge in [0, 0.05) is 0 Å². The second-order valence-electron chi connectivity index (χ2n) is 3.23. The van der Waals surface area contributed by atoms with Gasteiger partial charge in [-0.2, -0.15) is 0 Å². The zero-order valence-corrected chi connectivity index (χ0v) is 7.66. The number of carbonyl (C=O) groups excluding carboxylic acids is 1. The third-order valence-corrected chi connectivity index (χ3v) is 2.10. The summed E-state index contributed by atoms with van der Waals surface area (Å²) in [5.74, 6) is 0.227. The van der Waals surface area contributed by atoms with E-state index in [4.69, 9.17) is 5.41 Å². The third kappa shape index (κ3) is 1.74. The van der Waals surface area contributed by atoms with E-state index in [1.165, 1.54) is 0 Å². The van der Waals surface area contributed by atoms with E-state index >= 15 is 0 Å². The van der Waals surface area contributed by atoms with Gasteiger partial charge in [-0.3, -0.25) is 20.6 Å². The molecule has 1 saturated heterocycles. The Bertz CT molecular complexity index is 361. The summed E-state index contributed by atoms with van der Waals surface area (Å²) in [6.45, 7) is 0.561. The van der Waals surface area contributed by atoms with E-state index in [1.807, 2.05) is 30.3 Å². The first-order valence-corrected chi connectivity index (χ1v) is 4.44. The minimum atomic E-state index is -0.106. The highest BCUT2D eigenvalue weighted by Crippen LogP contribution is 2.08. The van der Waals surface area contributed by atoms with Gasteiger partial charge < -0.3 is 0 Å². The van der Waals surface area contributed by atoms with Crippen molar-refractivity contribution in [2.24, 2.45) is 0 Å². The molecule has 2 N–H and O–H groups in total. The summed E-state index contributed by atoms with van der Waals surface area (Å²) >= 11 is 0. The molecule has 0 aromatic heterocycles. The lowest BCUT2D eigenvalue weighted by atomic mass is 10.2. The van der Waals surface area contributed by atoms with Crippen molar-refractivity contribution < 1.29 is 4.79 Å². The normalized spacial score (nSPS) is 15.9. The molecule has 1 aliphatic rings. The maximum Gasteiger partial charge on any atom is 0.246 e. The second-order valence-corrected chi connectivity index (χ2v) is 3.23. The van der Waals surface area contributed by atoms with Crippen molar-refractivity contribution in [2.75, 3.05) is 0 Å². The number of hydrogen-bond acceptors (Lipinski definition) is 2. The van der Waals surface area contributed by atoms with Crippen LogP contribution in [0.15, 0.2) is 30.3 Å². The summed E-state index contributed by atoms with van der Waals surface area (Å²) in [5, 5.41) is 9.10. The van der Waals surface area contributed by atoms with Crippen LogP contribution in [0.5, 0.6) is 0 Å². The molecule has 14 heavy (non-hydrogen) atoms. The largest absolute Gasteiger partial charge is 0.287 e. The van der Waals surface area contributed by atoms with E-state index in [0.717, 1.165) is 5.56 Å². The molecule has 0 bridgehead atoms. The summed E-state index contributed by atoms with van der Waals surface area (Å²) in [6, 6.07) is 9.76. The molecule has 0 saturated carbocycles. The minimum absolute atomic E-state index is 0.106. The monoisotopic (exact) mass is 189 g/mol. The molecule has 72 valence electrons. The Balaban J connectivity index is 2.05. The van der Waals surface area contributed by atoms with Crippen LogP contribution >= 0.6 is 0 Å². The molecule has 0 radical (unpaired) electrons. The van der Waals surface area contributed by atoms with E-state index in [9.17, 15) is 4.79 Å². The molecule has 0 atom stereocenters. The Hall–Kier alpha value is -1.84. The number of hydrazine groups is 1. The SMILES string of the molecule is N=C1CC(=O)NN1Cc1ccccc1. The number of benzene rings is 1. The maximum atomic E-state index is 11.0. The van der Waals surface area contributed by atoms with Gasteiger partial charge in [-0.1, -0.05) is 30.3 Å². The number of rotatable bonds is 2. The van der Waals surface area contributed by atoms with Gasteiger partial charge in [-0.25, -0.2) is 0 Å². The maximum absolute atomic E-state index is 11.0. The fraction of sp³-hybridized carbons (Fsp3) is 0.200. The Morgan fingerprint density at radius 1 is 1.36 bits per heavy atom. The number of carbonyl (C=O) groups is 1. The van der Waals surface area contributed by atoms with Crippen molar-refractivity contribution in [3.05, 3.63) is 35.9 Å². The summed E-state index contributed by atoms with van der Waals surface area (Å²) in [4.78, 5) is 11.0. The predicted octanol–water partition coefficient (Wildman–Crippen LogP) is 0.901. The molecule has 0 spiro atoms. The zero-order chi connectivity index (χ0) is 9.97. The first kappa shape index (κ1) is 8.74. The molecule has 1 aromatic carbocycles. The average molecular weight is 189 g/mol. The predicted molar refractivity (Wildman–Crippen MR) is 52.5 cm³/mol. The van der Waals surface area contributed by atoms with Crippen LogP contribution in [0, 0.1) is 5.41 Å². The topological polar surface area (TPSA) is 56.2 Å². The Morgan fingerprint density at radius 3 is 2.64 bits per heavy atom. The van der Waals surface area contributed by atoms with Crippen molar-refractivity contribution >= 4 is 11.7 Å². The number of amidine groups is 1. The van der Waals surface area contributed by atoms with Crippen LogP contribution in [0.1, 0.15) is 12.0 Å². The quantitative estimate of drug-likeness (QED) is 0.726. The lowest BCUT2D eigenvalue weighted by Crippen LogP contribution is -2.34. The van der Waals surface area contributed by atoms with Crippen LogP contribution in [-0.2, 0) is 11.3 Å². The van der Waals surface area contributed by atoms with Crippen LogP contribution in [-0.4, -0.2) is 16.8 Å². The van der Waals surface area contributed by atoms with Gasteiger partial charge >= 0.3 is 0 Å². The first-order chi connectivity index (χ1) is 6.75. The van der Waals surface area contributed by atoms with Crippen LogP contribution in [0.25, 0.3) is 0 Å². The van der Waals surface area contributed by atoms with E-state index in [2.05, 4.69) is 5.43 Å². The summed E-state index contributed by atoms with van der Waals surface area (Å²) in [5.41, 5.74) is 3.70. The van der Waals surface area contributed by atoms with Crippen LogP contribution in [0.4, 0.5) is 0 Å². The molecular weight excluding hydrogens is 178 g/mol. The van der Waals surface area contributed by atoms with E-state index in [0.29, 0.717) is 12.4 Å². The smallest absolute Gasteiger partial charge is 0.246 e. The zero-order valence-electron chi connectivity index (χ0n) is 7.66. The van der Waals surface area contributed by atoms with E-state index < -0.39 is 0 Å². The molecule has 2 rings (SSSR count). The van der Waals surface area contributed by atoms with Gasteiger partial charge in [0.25, 0.3) is 0 Å². The number of nitrogens with zero attached hydrogens (tertiary/aromatic N) is 1. The lowest BCUT2D eigenvalue weighted by Gasteiger charge is -2.16. The van der Waals surface area contributed by atoms with Crippen LogP contribution < -0.4 is 5.43 Å². The molecule has 4 nitrogen and oxygen atoms in total. The molecule has 1 amide bonds. The molecular formula is C10H11N3O. The van der Waals surface area contributed by atoms with Crippen molar-refractivity contribution in [1.29, 1.82) is 5.41 Å². The summed E-state index contributed by atoms with van der Waals surface area (Å²) < 4.78 is 0. The van der Waals surface area contributed by atoms with Gasteiger partial charge in [-0.05, 0) is 5.56 Å². The van der Waals surface area contributed by atoms with Crippen LogP contribution in [0.3, 0.4) is 0 Å². The molecule has 1 heterocycles. The summed E-state index contributed by atoms with van der Waals surface area (Å²) in [7, 11) is 0. The average Bonchev–Trinajstić information content (AvgIpc) is 2.47. The molecule has 0 aliphatic carbocycles.